The van der Waals surface area contributed by atoms with Crippen LogP contribution in [0.15, 0.2) is 30.5 Å². The van der Waals surface area contributed by atoms with E-state index in [4.69, 9.17) is 23.7 Å². The van der Waals surface area contributed by atoms with Crippen LogP contribution in [0.5, 0.6) is 5.75 Å². The van der Waals surface area contributed by atoms with Gasteiger partial charge in [-0.2, -0.15) is 15.3 Å². The van der Waals surface area contributed by atoms with Crippen molar-refractivity contribution in [1.29, 1.82) is 5.26 Å². The summed E-state index contributed by atoms with van der Waals surface area (Å²) in [7, 11) is 4.23. The van der Waals surface area contributed by atoms with Crippen molar-refractivity contribution in [3.8, 4) is 22.9 Å². The van der Waals surface area contributed by atoms with Gasteiger partial charge in [-0.05, 0) is 93.5 Å². The van der Waals surface area contributed by atoms with Crippen molar-refractivity contribution < 1.29 is 47.3 Å². The number of anilines is 1. The molecule has 0 N–H and O–H groups in total. The van der Waals surface area contributed by atoms with Gasteiger partial charge >= 0.3 is 24.2 Å². The molecular weight excluding hydrogens is 691 g/mol. The van der Waals surface area contributed by atoms with Crippen molar-refractivity contribution in [3.63, 3.8) is 0 Å². The van der Waals surface area contributed by atoms with E-state index >= 15 is 0 Å². The Kier molecular flexibility index (Phi) is 12.5. The van der Waals surface area contributed by atoms with Gasteiger partial charge in [0.15, 0.2) is 11.6 Å². The van der Waals surface area contributed by atoms with Gasteiger partial charge < -0.3 is 28.6 Å². The first-order valence-electron chi connectivity index (χ1n) is 16.6. The Hall–Kier alpha value is -5.72. The van der Waals surface area contributed by atoms with E-state index in [2.05, 4.69) is 16.2 Å². The van der Waals surface area contributed by atoms with Gasteiger partial charge in [0.05, 0.1) is 24.9 Å². The Balaban J connectivity index is 2.33. The third-order valence-electron chi connectivity index (χ3n) is 6.96. The number of pyridine rings is 1. The van der Waals surface area contributed by atoms with E-state index in [1.165, 1.54) is 49.0 Å². The van der Waals surface area contributed by atoms with Gasteiger partial charge in [-0.25, -0.2) is 28.6 Å². The van der Waals surface area contributed by atoms with E-state index in [0.29, 0.717) is 4.90 Å². The molecule has 0 bridgehead atoms. The molecule has 1 aromatic carbocycles. The zero-order chi connectivity index (χ0) is 40.2. The molecule has 0 aliphatic heterocycles. The normalized spacial score (nSPS) is 12.2. The van der Waals surface area contributed by atoms with Crippen LogP contribution in [-0.2, 0) is 32.5 Å². The molecule has 0 radical (unpaired) electrons. The number of aryl methyl sites for hydroxylation is 1. The highest BCUT2D eigenvalue weighted by molar-refractivity contribution is 6.10. The molecule has 3 aromatic rings. The smallest absolute Gasteiger partial charge is 0.425 e. The Morgan fingerprint density at radius 3 is 1.98 bits per heavy atom. The second kappa shape index (κ2) is 15.9. The van der Waals surface area contributed by atoms with Gasteiger partial charge in [-0.15, -0.1) is 0 Å². The lowest BCUT2D eigenvalue weighted by atomic mass is 10.0. The summed E-state index contributed by atoms with van der Waals surface area (Å²) in [5, 5.41) is 14.7. The predicted octanol–water partition coefficient (Wildman–Crippen LogP) is 7.46. The molecule has 2 aromatic heterocycles. The molecule has 15 nitrogen and oxygen atoms in total. The van der Waals surface area contributed by atoms with Crippen LogP contribution in [0, 0.1) is 17.1 Å². The van der Waals surface area contributed by atoms with Gasteiger partial charge in [-0.1, -0.05) is 0 Å². The van der Waals surface area contributed by atoms with E-state index in [9.17, 15) is 28.8 Å². The van der Waals surface area contributed by atoms with Crippen molar-refractivity contribution in [2.75, 3.05) is 19.1 Å². The fourth-order valence-electron chi connectivity index (χ4n) is 4.86. The number of esters is 1. The summed E-state index contributed by atoms with van der Waals surface area (Å²) < 4.78 is 43.8. The summed E-state index contributed by atoms with van der Waals surface area (Å²) in [6, 6.07) is 6.92. The summed E-state index contributed by atoms with van der Waals surface area (Å²) in [5.41, 5.74) is -1.98. The number of nitrogens with zero attached hydrogens (tertiary/aromatic N) is 6. The van der Waals surface area contributed by atoms with Gasteiger partial charge in [0, 0.05) is 37.0 Å². The van der Waals surface area contributed by atoms with E-state index in [1.807, 2.05) is 0 Å². The molecule has 1 atom stereocenters. The molecular formula is C37H47FN6O9. The summed E-state index contributed by atoms with van der Waals surface area (Å²) in [4.78, 5) is 59.3. The van der Waals surface area contributed by atoms with Crippen LogP contribution in [0.3, 0.4) is 0 Å². The molecule has 0 unspecified atom stereocenters. The average molecular weight is 739 g/mol. The SMILES string of the molecule is COC(=O)c1ccc(F)cc1[C@@H](C)Oc1cc(-c2c(CN(C)C(=O)OC(C)(C)C)nn(C)c2C#N)cnc1N(C(=O)OC(C)(C)C)C(=O)OC(C)(C)C. The minimum atomic E-state index is -1.15. The molecule has 0 spiro atoms. The Morgan fingerprint density at radius 2 is 1.47 bits per heavy atom. The molecule has 16 heteroatoms. The lowest BCUT2D eigenvalue weighted by Crippen LogP contribution is -2.44. The minimum Gasteiger partial charge on any atom is -0.482 e. The molecule has 3 rings (SSSR count). The number of ether oxygens (including phenoxy) is 5. The van der Waals surface area contributed by atoms with Crippen molar-refractivity contribution >= 4 is 30.1 Å². The summed E-state index contributed by atoms with van der Waals surface area (Å²) in [5.74, 6) is -2.05. The number of imide groups is 1. The number of rotatable bonds is 8. The molecule has 53 heavy (non-hydrogen) atoms. The predicted molar refractivity (Wildman–Crippen MR) is 191 cm³/mol. The van der Waals surface area contributed by atoms with Crippen LogP contribution in [0.2, 0.25) is 0 Å². The maximum atomic E-state index is 14.6. The molecule has 0 aliphatic carbocycles. The van der Waals surface area contributed by atoms with Crippen molar-refractivity contribution in [1.82, 2.24) is 19.7 Å². The van der Waals surface area contributed by atoms with Crippen LogP contribution in [0.4, 0.5) is 24.6 Å². The van der Waals surface area contributed by atoms with Crippen LogP contribution in [0.25, 0.3) is 11.1 Å². The molecule has 2 heterocycles. The summed E-state index contributed by atoms with van der Waals surface area (Å²) >= 11 is 0. The second-order valence-electron chi connectivity index (χ2n) is 15.1. The number of nitriles is 1. The largest absolute Gasteiger partial charge is 0.482 e. The standard InChI is InChI=1S/C37H47FN6O9/c1-21(25-17-23(38)14-15-24(25)31(45)49-13)50-28-16-22(19-40-30(28)44(33(47)52-36(5,6)7)34(48)53-37(8,9)10)29-26(41-43(12)27(29)18-39)20-42(11)32(46)51-35(2,3)4/h14-17,19,21H,20H2,1-13H3/t21-/m1/s1. The number of halogens is 1. The van der Waals surface area contributed by atoms with Crippen LogP contribution < -0.4 is 9.64 Å². The number of benzene rings is 1. The Bertz CT molecular complexity index is 1890. The van der Waals surface area contributed by atoms with E-state index in [1.54, 1.807) is 69.4 Å². The molecule has 0 aliphatic rings. The monoisotopic (exact) mass is 738 g/mol. The summed E-state index contributed by atoms with van der Waals surface area (Å²) in [6.45, 7) is 16.2. The number of hydrogen-bond acceptors (Lipinski definition) is 12. The number of hydrogen-bond donors (Lipinski definition) is 0. The average Bonchev–Trinajstić information content (AvgIpc) is 3.32. The van der Waals surface area contributed by atoms with Crippen LogP contribution >= 0.6 is 0 Å². The van der Waals surface area contributed by atoms with Crippen LogP contribution in [0.1, 0.15) is 103 Å². The van der Waals surface area contributed by atoms with Crippen LogP contribution in [-0.4, -0.2) is 74.9 Å². The first kappa shape index (κ1) is 41.7. The molecule has 3 amide bonds. The lowest BCUT2D eigenvalue weighted by Gasteiger charge is -2.29. The first-order valence-corrected chi connectivity index (χ1v) is 16.6. The van der Waals surface area contributed by atoms with Crippen molar-refractivity contribution in [2.24, 2.45) is 7.05 Å². The molecule has 0 fully saturated rings. The minimum absolute atomic E-state index is 0.00491. The van der Waals surface area contributed by atoms with Gasteiger partial charge in [0.1, 0.15) is 40.5 Å². The van der Waals surface area contributed by atoms with E-state index < -0.39 is 53.0 Å². The maximum Gasteiger partial charge on any atom is 0.425 e. The maximum absolute atomic E-state index is 14.6. The highest BCUT2D eigenvalue weighted by Crippen LogP contribution is 2.38. The van der Waals surface area contributed by atoms with Gasteiger partial charge in [0.25, 0.3) is 0 Å². The Morgan fingerprint density at radius 1 is 0.925 bits per heavy atom. The molecule has 0 saturated carbocycles. The first-order chi connectivity index (χ1) is 24.4. The number of methoxy groups -OCH3 is 1. The third-order valence-corrected chi connectivity index (χ3v) is 6.96. The summed E-state index contributed by atoms with van der Waals surface area (Å²) in [6.07, 6.45) is -2.78. The van der Waals surface area contributed by atoms with E-state index in [0.717, 1.165) is 12.1 Å². The van der Waals surface area contributed by atoms with Gasteiger partial charge in [0.2, 0.25) is 0 Å². The number of amides is 3. The fraction of sp³-hybridized carbons (Fsp3) is 0.486. The quantitative estimate of drug-likeness (QED) is 0.165. The topological polar surface area (TPSA) is 175 Å². The second-order valence-corrected chi connectivity index (χ2v) is 15.1. The Labute approximate surface area is 308 Å². The molecule has 0 saturated heterocycles. The highest BCUT2D eigenvalue weighted by Gasteiger charge is 2.37. The zero-order valence-electron chi connectivity index (χ0n) is 32.4. The number of carbonyl (C=O) groups excluding carboxylic acids is 4. The third kappa shape index (κ3) is 10.9. The zero-order valence-corrected chi connectivity index (χ0v) is 32.4. The van der Waals surface area contributed by atoms with Crippen molar-refractivity contribution in [2.45, 2.75) is 98.7 Å². The van der Waals surface area contributed by atoms with Gasteiger partial charge in [-0.3, -0.25) is 4.68 Å². The highest BCUT2D eigenvalue weighted by atomic mass is 19.1. The fourth-order valence-corrected chi connectivity index (χ4v) is 4.86. The van der Waals surface area contributed by atoms with Crippen molar-refractivity contribution in [3.05, 3.63) is 58.8 Å². The number of aromatic nitrogens is 3. The van der Waals surface area contributed by atoms with E-state index in [-0.39, 0.29) is 51.8 Å². The molecule has 286 valence electrons. The number of carbonyl (C=O) groups is 4. The lowest BCUT2D eigenvalue weighted by molar-refractivity contribution is 0.0281.